The molecule has 0 radical (unpaired) electrons. The maximum atomic E-state index is 13.6. The third-order valence-electron chi connectivity index (χ3n) is 2.97. The van der Waals surface area contributed by atoms with Crippen LogP contribution in [0.5, 0.6) is 5.75 Å². The van der Waals surface area contributed by atoms with Gasteiger partial charge in [0.25, 0.3) is 0 Å². The first-order chi connectivity index (χ1) is 9.43. The number of ether oxygens (including phenoxy) is 1. The molecule has 2 aromatic rings. The van der Waals surface area contributed by atoms with Crippen LogP contribution in [0, 0.1) is 12.7 Å². The molecule has 1 nitrogen and oxygen atoms in total. The molecule has 0 bridgehead atoms. The van der Waals surface area contributed by atoms with E-state index in [0.29, 0.717) is 15.8 Å². The van der Waals surface area contributed by atoms with Crippen molar-refractivity contribution in [3.8, 4) is 5.75 Å². The lowest BCUT2D eigenvalue weighted by atomic mass is 10.0. The Morgan fingerprint density at radius 2 is 1.80 bits per heavy atom. The standard InChI is InChI=1S/C15H12Br2ClFO/c1-8-3-4-11(16)9(5-8)15(18)10-6-12(17)13(19)7-14(10)20-2/h3-7,15H,1-2H3. The smallest absolute Gasteiger partial charge is 0.141 e. The van der Waals surface area contributed by atoms with Gasteiger partial charge in [0.1, 0.15) is 11.6 Å². The molecule has 1 atom stereocenters. The summed E-state index contributed by atoms with van der Waals surface area (Å²) in [7, 11) is 1.50. The molecular weight excluding hydrogens is 410 g/mol. The van der Waals surface area contributed by atoms with Crippen LogP contribution in [0.15, 0.2) is 39.3 Å². The summed E-state index contributed by atoms with van der Waals surface area (Å²) in [5.41, 5.74) is 2.74. The molecule has 2 aromatic carbocycles. The highest BCUT2D eigenvalue weighted by atomic mass is 79.9. The van der Waals surface area contributed by atoms with E-state index in [1.165, 1.54) is 13.2 Å². The minimum Gasteiger partial charge on any atom is -0.496 e. The molecule has 0 aliphatic rings. The van der Waals surface area contributed by atoms with Crippen LogP contribution in [-0.2, 0) is 0 Å². The van der Waals surface area contributed by atoms with Gasteiger partial charge in [0, 0.05) is 16.1 Å². The number of rotatable bonds is 3. The number of hydrogen-bond donors (Lipinski definition) is 0. The Kier molecular flexibility index (Phi) is 5.10. The lowest BCUT2D eigenvalue weighted by Gasteiger charge is -2.17. The Bertz CT molecular complexity index is 646. The predicted molar refractivity (Wildman–Crippen MR) is 87.2 cm³/mol. The number of halogens is 4. The highest BCUT2D eigenvalue weighted by molar-refractivity contribution is 9.10. The molecule has 0 aliphatic carbocycles. The normalized spacial score (nSPS) is 12.3. The molecule has 106 valence electrons. The zero-order chi connectivity index (χ0) is 14.9. The molecule has 0 amide bonds. The summed E-state index contributed by atoms with van der Waals surface area (Å²) in [6.07, 6.45) is 0. The highest BCUT2D eigenvalue weighted by Crippen LogP contribution is 2.40. The highest BCUT2D eigenvalue weighted by Gasteiger charge is 2.20. The number of aryl methyl sites for hydroxylation is 1. The summed E-state index contributed by atoms with van der Waals surface area (Å²) in [4.78, 5) is 0. The van der Waals surface area contributed by atoms with Gasteiger partial charge >= 0.3 is 0 Å². The molecule has 0 spiro atoms. The lowest BCUT2D eigenvalue weighted by molar-refractivity contribution is 0.406. The SMILES string of the molecule is COc1cc(F)c(Br)cc1C(Cl)c1cc(C)ccc1Br. The molecule has 20 heavy (non-hydrogen) atoms. The second-order valence-electron chi connectivity index (χ2n) is 4.40. The average molecular weight is 423 g/mol. The van der Waals surface area contributed by atoms with Gasteiger partial charge in [0.05, 0.1) is 17.0 Å². The fraction of sp³-hybridized carbons (Fsp3) is 0.200. The van der Waals surface area contributed by atoms with Crippen molar-refractivity contribution in [3.63, 3.8) is 0 Å². The number of hydrogen-bond acceptors (Lipinski definition) is 1. The Balaban J connectivity index is 2.55. The molecule has 0 saturated heterocycles. The van der Waals surface area contributed by atoms with E-state index in [-0.39, 0.29) is 5.82 Å². The third-order valence-corrected chi connectivity index (χ3v) is 4.77. The first kappa shape index (κ1) is 15.8. The first-order valence-corrected chi connectivity index (χ1v) is 7.89. The first-order valence-electron chi connectivity index (χ1n) is 5.87. The van der Waals surface area contributed by atoms with Gasteiger partial charge in [-0.15, -0.1) is 11.6 Å². The van der Waals surface area contributed by atoms with Crippen molar-refractivity contribution < 1.29 is 9.13 Å². The van der Waals surface area contributed by atoms with E-state index in [1.807, 2.05) is 25.1 Å². The summed E-state index contributed by atoms with van der Waals surface area (Å²) < 4.78 is 20.1. The molecule has 0 N–H and O–H groups in total. The van der Waals surface area contributed by atoms with Crippen molar-refractivity contribution in [1.29, 1.82) is 0 Å². The van der Waals surface area contributed by atoms with E-state index in [9.17, 15) is 4.39 Å². The zero-order valence-electron chi connectivity index (χ0n) is 10.9. The molecular formula is C15H12Br2ClFO. The van der Waals surface area contributed by atoms with Crippen LogP contribution in [0.25, 0.3) is 0 Å². The Morgan fingerprint density at radius 3 is 2.45 bits per heavy atom. The van der Waals surface area contributed by atoms with E-state index in [4.69, 9.17) is 16.3 Å². The molecule has 2 rings (SSSR count). The van der Waals surface area contributed by atoms with Gasteiger partial charge in [-0.25, -0.2) is 4.39 Å². The molecule has 0 aliphatic heterocycles. The molecule has 0 aromatic heterocycles. The number of alkyl halides is 1. The summed E-state index contributed by atoms with van der Waals surface area (Å²) in [5, 5.41) is -0.434. The minimum absolute atomic E-state index is 0.364. The van der Waals surface area contributed by atoms with E-state index in [1.54, 1.807) is 6.07 Å². The van der Waals surface area contributed by atoms with Crippen LogP contribution in [0.1, 0.15) is 22.1 Å². The van der Waals surface area contributed by atoms with Crippen LogP contribution < -0.4 is 4.74 Å². The zero-order valence-corrected chi connectivity index (χ0v) is 14.8. The van der Waals surface area contributed by atoms with Crippen LogP contribution in [-0.4, -0.2) is 7.11 Å². The summed E-state index contributed by atoms with van der Waals surface area (Å²) in [5.74, 6) is 0.0527. The maximum Gasteiger partial charge on any atom is 0.141 e. The third kappa shape index (κ3) is 3.18. The molecule has 1 unspecified atom stereocenters. The van der Waals surface area contributed by atoms with Crippen molar-refractivity contribution in [2.45, 2.75) is 12.3 Å². The molecule has 5 heteroatoms. The van der Waals surface area contributed by atoms with Crippen LogP contribution in [0.4, 0.5) is 4.39 Å². The Hall–Kier alpha value is -0.580. The number of benzene rings is 2. The quantitative estimate of drug-likeness (QED) is 0.552. The molecule has 0 saturated carbocycles. The second kappa shape index (κ2) is 6.46. The van der Waals surface area contributed by atoms with Gasteiger partial charge in [-0.3, -0.25) is 0 Å². The van der Waals surface area contributed by atoms with Crippen molar-refractivity contribution in [3.05, 3.63) is 61.8 Å². The van der Waals surface area contributed by atoms with Crippen molar-refractivity contribution >= 4 is 43.5 Å². The lowest BCUT2D eigenvalue weighted by Crippen LogP contribution is -2.00. The average Bonchev–Trinajstić information content (AvgIpc) is 2.43. The van der Waals surface area contributed by atoms with Gasteiger partial charge in [-0.1, -0.05) is 33.6 Å². The second-order valence-corrected chi connectivity index (χ2v) is 6.54. The predicted octanol–water partition coefficient (Wildman–Crippen LogP) is 6.00. The Morgan fingerprint density at radius 1 is 1.10 bits per heavy atom. The Labute approximate surface area is 139 Å². The van der Waals surface area contributed by atoms with E-state index >= 15 is 0 Å². The maximum absolute atomic E-state index is 13.6. The van der Waals surface area contributed by atoms with E-state index < -0.39 is 5.38 Å². The van der Waals surface area contributed by atoms with Gasteiger partial charge in [0.2, 0.25) is 0 Å². The van der Waals surface area contributed by atoms with E-state index in [0.717, 1.165) is 15.6 Å². The largest absolute Gasteiger partial charge is 0.496 e. The van der Waals surface area contributed by atoms with Gasteiger partial charge in [0.15, 0.2) is 0 Å². The topological polar surface area (TPSA) is 9.23 Å². The van der Waals surface area contributed by atoms with Crippen LogP contribution in [0.3, 0.4) is 0 Å². The molecule has 0 fully saturated rings. The molecule has 0 heterocycles. The van der Waals surface area contributed by atoms with Gasteiger partial charge < -0.3 is 4.74 Å². The summed E-state index contributed by atoms with van der Waals surface area (Å²) in [6, 6.07) is 8.93. The summed E-state index contributed by atoms with van der Waals surface area (Å²) >= 11 is 13.2. The number of methoxy groups -OCH3 is 1. The van der Waals surface area contributed by atoms with Crippen molar-refractivity contribution in [2.24, 2.45) is 0 Å². The minimum atomic E-state index is -0.434. The van der Waals surface area contributed by atoms with E-state index in [2.05, 4.69) is 31.9 Å². The fourth-order valence-corrected chi connectivity index (χ4v) is 3.26. The van der Waals surface area contributed by atoms with Crippen molar-refractivity contribution in [1.82, 2.24) is 0 Å². The van der Waals surface area contributed by atoms with Gasteiger partial charge in [-0.05, 0) is 40.5 Å². The van der Waals surface area contributed by atoms with Gasteiger partial charge in [-0.2, -0.15) is 0 Å². The fourth-order valence-electron chi connectivity index (χ4n) is 1.94. The van der Waals surface area contributed by atoms with Crippen LogP contribution >= 0.6 is 43.5 Å². The van der Waals surface area contributed by atoms with Crippen LogP contribution in [0.2, 0.25) is 0 Å². The summed E-state index contributed by atoms with van der Waals surface area (Å²) in [6.45, 7) is 2.00. The van der Waals surface area contributed by atoms with Crippen molar-refractivity contribution in [2.75, 3.05) is 7.11 Å². The monoisotopic (exact) mass is 420 g/mol.